The third-order valence-electron chi connectivity index (χ3n) is 1.86. The van der Waals surface area contributed by atoms with Crippen molar-refractivity contribution in [3.05, 3.63) is 30.4 Å². The van der Waals surface area contributed by atoms with E-state index in [0.717, 1.165) is 0 Å². The van der Waals surface area contributed by atoms with Crippen LogP contribution in [0.4, 0.5) is 0 Å². The molecule has 0 radical (unpaired) electrons. The summed E-state index contributed by atoms with van der Waals surface area (Å²) in [5.41, 5.74) is 0. The molecule has 0 N–H and O–H groups in total. The molecule has 14 heavy (non-hydrogen) atoms. The third kappa shape index (κ3) is 1.81. The molecule has 2 aromatic heterocycles. The normalized spacial score (nSPS) is 11.1. The van der Waals surface area contributed by atoms with E-state index in [0.29, 0.717) is 18.3 Å². The summed E-state index contributed by atoms with van der Waals surface area (Å²) in [7, 11) is 0. The molecule has 0 aliphatic heterocycles. The highest BCUT2D eigenvalue weighted by atomic mass is 16.5. The lowest BCUT2D eigenvalue weighted by molar-refractivity contribution is 0.360. The largest absolute Gasteiger partial charge is 0.339 e. The molecule has 0 unspecified atom stereocenters. The number of hydrogen-bond donors (Lipinski definition) is 0. The maximum Gasteiger partial charge on any atom is 0.229 e. The summed E-state index contributed by atoms with van der Waals surface area (Å²) in [6.45, 7) is 4.65. The number of rotatable bonds is 3. The van der Waals surface area contributed by atoms with Gasteiger partial charge in [-0.2, -0.15) is 4.98 Å². The van der Waals surface area contributed by atoms with Gasteiger partial charge in [0.2, 0.25) is 5.89 Å². The molecule has 0 spiro atoms. The maximum atomic E-state index is 5.08. The van der Waals surface area contributed by atoms with Gasteiger partial charge in [0.1, 0.15) is 0 Å². The molecule has 0 saturated heterocycles. The Kier molecular flexibility index (Phi) is 2.30. The molecular weight excluding hydrogens is 180 g/mol. The highest BCUT2D eigenvalue weighted by molar-refractivity contribution is 4.92. The van der Waals surface area contributed by atoms with E-state index in [1.54, 1.807) is 12.5 Å². The van der Waals surface area contributed by atoms with Crippen LogP contribution in [0.3, 0.4) is 0 Å². The van der Waals surface area contributed by atoms with Crippen molar-refractivity contribution < 1.29 is 4.52 Å². The van der Waals surface area contributed by atoms with Gasteiger partial charge < -0.3 is 9.09 Å². The second-order valence-corrected chi connectivity index (χ2v) is 3.44. The Hall–Kier alpha value is -1.65. The van der Waals surface area contributed by atoms with Crippen LogP contribution in [0.2, 0.25) is 0 Å². The summed E-state index contributed by atoms with van der Waals surface area (Å²) in [6.07, 6.45) is 5.32. The molecule has 2 aromatic rings. The monoisotopic (exact) mass is 192 g/mol. The van der Waals surface area contributed by atoms with Gasteiger partial charge >= 0.3 is 0 Å². The summed E-state index contributed by atoms with van der Waals surface area (Å²) in [4.78, 5) is 8.20. The average Bonchev–Trinajstić information content (AvgIpc) is 2.75. The number of aromatic nitrogens is 4. The minimum atomic E-state index is 0.277. The SMILES string of the molecule is CC(C)c1nc(Cn2ccnc2)no1. The fraction of sp³-hybridized carbons (Fsp3) is 0.444. The van der Waals surface area contributed by atoms with Crippen LogP contribution >= 0.6 is 0 Å². The van der Waals surface area contributed by atoms with Crippen LogP contribution in [0, 0.1) is 0 Å². The summed E-state index contributed by atoms with van der Waals surface area (Å²) in [5, 5.41) is 3.88. The Morgan fingerprint density at radius 2 is 2.36 bits per heavy atom. The van der Waals surface area contributed by atoms with E-state index in [-0.39, 0.29) is 5.92 Å². The summed E-state index contributed by atoms with van der Waals surface area (Å²) < 4.78 is 6.98. The third-order valence-corrected chi connectivity index (χ3v) is 1.86. The molecule has 5 heteroatoms. The Labute approximate surface area is 81.8 Å². The fourth-order valence-corrected chi connectivity index (χ4v) is 1.11. The van der Waals surface area contributed by atoms with Gasteiger partial charge in [-0.15, -0.1) is 0 Å². The van der Waals surface area contributed by atoms with Crippen molar-refractivity contribution >= 4 is 0 Å². The van der Waals surface area contributed by atoms with Crippen LogP contribution in [0.1, 0.15) is 31.5 Å². The highest BCUT2D eigenvalue weighted by Gasteiger charge is 2.09. The second-order valence-electron chi connectivity index (χ2n) is 3.44. The van der Waals surface area contributed by atoms with E-state index >= 15 is 0 Å². The van der Waals surface area contributed by atoms with Gasteiger partial charge in [-0.25, -0.2) is 4.98 Å². The van der Waals surface area contributed by atoms with E-state index in [4.69, 9.17) is 4.52 Å². The van der Waals surface area contributed by atoms with Gasteiger partial charge in [0.25, 0.3) is 0 Å². The predicted octanol–water partition coefficient (Wildman–Crippen LogP) is 1.44. The first kappa shape index (κ1) is 8.93. The zero-order chi connectivity index (χ0) is 9.97. The molecule has 0 aromatic carbocycles. The molecule has 0 aliphatic rings. The van der Waals surface area contributed by atoms with Crippen molar-refractivity contribution in [2.24, 2.45) is 0 Å². The molecule has 74 valence electrons. The van der Waals surface area contributed by atoms with Crippen molar-refractivity contribution in [1.29, 1.82) is 0 Å². The molecule has 2 rings (SSSR count). The zero-order valence-corrected chi connectivity index (χ0v) is 8.21. The van der Waals surface area contributed by atoms with Crippen LogP contribution in [0.5, 0.6) is 0 Å². The summed E-state index contributed by atoms with van der Waals surface area (Å²) in [5.74, 6) is 1.64. The molecule has 0 fully saturated rings. The number of imidazole rings is 1. The molecule has 0 bridgehead atoms. The Bertz CT molecular complexity index is 391. The van der Waals surface area contributed by atoms with Crippen molar-refractivity contribution in [3.8, 4) is 0 Å². The second kappa shape index (κ2) is 3.61. The Morgan fingerprint density at radius 3 is 2.93 bits per heavy atom. The van der Waals surface area contributed by atoms with Crippen LogP contribution < -0.4 is 0 Å². The van der Waals surface area contributed by atoms with E-state index in [2.05, 4.69) is 15.1 Å². The molecule has 0 amide bonds. The first-order chi connectivity index (χ1) is 6.75. The van der Waals surface area contributed by atoms with Gasteiger partial charge in [0.05, 0.1) is 12.9 Å². The van der Waals surface area contributed by atoms with Crippen molar-refractivity contribution in [3.63, 3.8) is 0 Å². The standard InChI is InChI=1S/C9H12N4O/c1-7(2)9-11-8(12-14-9)5-13-4-3-10-6-13/h3-4,6-7H,5H2,1-2H3. The van der Waals surface area contributed by atoms with Gasteiger partial charge in [0, 0.05) is 18.3 Å². The zero-order valence-electron chi connectivity index (χ0n) is 8.21. The lowest BCUT2D eigenvalue weighted by Gasteiger charge is -1.94. The molecule has 5 nitrogen and oxygen atoms in total. The van der Waals surface area contributed by atoms with Crippen molar-refractivity contribution in [2.45, 2.75) is 26.3 Å². The number of hydrogen-bond acceptors (Lipinski definition) is 4. The summed E-state index contributed by atoms with van der Waals surface area (Å²) >= 11 is 0. The average molecular weight is 192 g/mol. The quantitative estimate of drug-likeness (QED) is 0.738. The lowest BCUT2D eigenvalue weighted by Crippen LogP contribution is -1.98. The predicted molar refractivity (Wildman–Crippen MR) is 49.7 cm³/mol. The smallest absolute Gasteiger partial charge is 0.229 e. The highest BCUT2D eigenvalue weighted by Crippen LogP contribution is 2.11. The minimum Gasteiger partial charge on any atom is -0.339 e. The van der Waals surface area contributed by atoms with Gasteiger partial charge in [-0.3, -0.25) is 0 Å². The molecular formula is C9H12N4O. The Balaban J connectivity index is 2.11. The summed E-state index contributed by atoms with van der Waals surface area (Å²) in [6, 6.07) is 0. The van der Waals surface area contributed by atoms with Crippen LogP contribution in [-0.4, -0.2) is 19.7 Å². The lowest BCUT2D eigenvalue weighted by atomic mass is 10.2. The molecule has 0 aliphatic carbocycles. The fourth-order valence-electron chi connectivity index (χ4n) is 1.11. The Morgan fingerprint density at radius 1 is 1.50 bits per heavy atom. The van der Waals surface area contributed by atoms with Crippen LogP contribution in [0.25, 0.3) is 0 Å². The van der Waals surface area contributed by atoms with Crippen molar-refractivity contribution in [2.75, 3.05) is 0 Å². The van der Waals surface area contributed by atoms with E-state index in [1.807, 2.05) is 24.6 Å². The van der Waals surface area contributed by atoms with E-state index in [1.165, 1.54) is 0 Å². The van der Waals surface area contributed by atoms with Crippen molar-refractivity contribution in [1.82, 2.24) is 19.7 Å². The van der Waals surface area contributed by atoms with Gasteiger partial charge in [-0.1, -0.05) is 19.0 Å². The first-order valence-corrected chi connectivity index (χ1v) is 4.54. The minimum absolute atomic E-state index is 0.277. The first-order valence-electron chi connectivity index (χ1n) is 4.54. The molecule has 2 heterocycles. The maximum absolute atomic E-state index is 5.08. The van der Waals surface area contributed by atoms with Gasteiger partial charge in [-0.05, 0) is 0 Å². The number of nitrogens with zero attached hydrogens (tertiary/aromatic N) is 4. The molecule has 0 saturated carbocycles. The van der Waals surface area contributed by atoms with Crippen LogP contribution in [-0.2, 0) is 6.54 Å². The van der Waals surface area contributed by atoms with E-state index < -0.39 is 0 Å². The van der Waals surface area contributed by atoms with Gasteiger partial charge in [0.15, 0.2) is 5.82 Å². The van der Waals surface area contributed by atoms with E-state index in [9.17, 15) is 0 Å². The molecule has 0 atom stereocenters. The van der Waals surface area contributed by atoms with Crippen LogP contribution in [0.15, 0.2) is 23.2 Å². The topological polar surface area (TPSA) is 56.7 Å².